The summed E-state index contributed by atoms with van der Waals surface area (Å²) in [6.07, 6.45) is 0. The highest BCUT2D eigenvalue weighted by molar-refractivity contribution is 6.33. The molecule has 0 fully saturated rings. The Kier molecular flexibility index (Phi) is 3.89. The number of aromatic nitrogens is 2. The van der Waals surface area contributed by atoms with Gasteiger partial charge in [-0.1, -0.05) is 23.2 Å². The summed E-state index contributed by atoms with van der Waals surface area (Å²) in [7, 11) is 0. The van der Waals surface area contributed by atoms with Gasteiger partial charge in [0.05, 0.1) is 22.3 Å². The van der Waals surface area contributed by atoms with E-state index in [-0.39, 0.29) is 0 Å². The standard InChI is InChI=1S/C13H10Cl2N4/c1-7-12(15)17-8(2)18-13(7)19-11-5-9(6-16)3-4-10(11)14/h3-5H,1-2H3,(H,17,18,19). The van der Waals surface area contributed by atoms with Crippen LogP contribution in [0.2, 0.25) is 10.2 Å². The van der Waals surface area contributed by atoms with E-state index in [2.05, 4.69) is 21.4 Å². The van der Waals surface area contributed by atoms with Gasteiger partial charge in [-0.2, -0.15) is 5.26 Å². The fraction of sp³-hybridized carbons (Fsp3) is 0.154. The minimum absolute atomic E-state index is 0.391. The van der Waals surface area contributed by atoms with Crippen molar-refractivity contribution in [3.63, 3.8) is 0 Å². The number of benzene rings is 1. The van der Waals surface area contributed by atoms with Gasteiger partial charge in [0.25, 0.3) is 0 Å². The molecule has 0 radical (unpaired) electrons. The minimum atomic E-state index is 0.391. The third kappa shape index (κ3) is 2.95. The molecule has 19 heavy (non-hydrogen) atoms. The summed E-state index contributed by atoms with van der Waals surface area (Å²) in [6, 6.07) is 7.03. The number of hydrogen-bond donors (Lipinski definition) is 1. The Bertz CT molecular complexity index is 677. The third-order valence-corrected chi connectivity index (χ3v) is 3.24. The number of anilines is 2. The number of nitrogens with one attached hydrogen (secondary N) is 1. The van der Waals surface area contributed by atoms with E-state index in [0.717, 1.165) is 5.56 Å². The molecule has 1 aromatic heterocycles. The lowest BCUT2D eigenvalue weighted by molar-refractivity contribution is 1.04. The van der Waals surface area contributed by atoms with Crippen molar-refractivity contribution in [3.05, 3.63) is 45.3 Å². The average Bonchev–Trinajstić information content (AvgIpc) is 2.38. The van der Waals surface area contributed by atoms with Gasteiger partial charge >= 0.3 is 0 Å². The minimum Gasteiger partial charge on any atom is -0.339 e. The molecule has 4 nitrogen and oxygen atoms in total. The van der Waals surface area contributed by atoms with Crippen molar-refractivity contribution in [1.82, 2.24) is 9.97 Å². The van der Waals surface area contributed by atoms with E-state index in [1.807, 2.05) is 6.92 Å². The molecule has 2 rings (SSSR count). The molecule has 0 atom stereocenters. The van der Waals surface area contributed by atoms with Crippen LogP contribution in [0.25, 0.3) is 0 Å². The first-order valence-electron chi connectivity index (χ1n) is 5.48. The summed E-state index contributed by atoms with van der Waals surface area (Å²) in [4.78, 5) is 8.34. The van der Waals surface area contributed by atoms with Crippen LogP contribution in [0.15, 0.2) is 18.2 Å². The molecule has 0 aliphatic carbocycles. The molecule has 1 N–H and O–H groups in total. The maximum atomic E-state index is 8.89. The molecule has 2 aromatic rings. The molecule has 0 bridgehead atoms. The third-order valence-electron chi connectivity index (χ3n) is 2.55. The van der Waals surface area contributed by atoms with E-state index >= 15 is 0 Å². The first-order chi connectivity index (χ1) is 9.01. The van der Waals surface area contributed by atoms with Crippen LogP contribution in [-0.2, 0) is 0 Å². The molecule has 0 unspecified atom stereocenters. The van der Waals surface area contributed by atoms with Crippen LogP contribution >= 0.6 is 23.2 Å². The Hall–Kier alpha value is -1.83. The molecule has 96 valence electrons. The Morgan fingerprint density at radius 1 is 1.21 bits per heavy atom. The van der Waals surface area contributed by atoms with E-state index in [9.17, 15) is 0 Å². The largest absolute Gasteiger partial charge is 0.339 e. The second-order valence-electron chi connectivity index (χ2n) is 3.97. The SMILES string of the molecule is Cc1nc(Cl)c(C)c(Nc2cc(C#N)ccc2Cl)n1. The van der Waals surface area contributed by atoms with Crippen molar-refractivity contribution in [3.8, 4) is 6.07 Å². The summed E-state index contributed by atoms with van der Waals surface area (Å²) in [6.45, 7) is 3.57. The lowest BCUT2D eigenvalue weighted by Gasteiger charge is -2.11. The number of aryl methyl sites for hydroxylation is 1. The van der Waals surface area contributed by atoms with Crippen LogP contribution in [0.3, 0.4) is 0 Å². The van der Waals surface area contributed by atoms with E-state index in [1.165, 1.54) is 0 Å². The van der Waals surface area contributed by atoms with Crippen molar-refractivity contribution < 1.29 is 0 Å². The van der Waals surface area contributed by atoms with Gasteiger partial charge in [0.1, 0.15) is 16.8 Å². The zero-order chi connectivity index (χ0) is 14.0. The first kappa shape index (κ1) is 13.6. The molecule has 0 amide bonds. The van der Waals surface area contributed by atoms with E-state index in [0.29, 0.717) is 33.1 Å². The molecule has 1 heterocycles. The lowest BCUT2D eigenvalue weighted by Crippen LogP contribution is -2.01. The monoisotopic (exact) mass is 292 g/mol. The van der Waals surface area contributed by atoms with Crippen molar-refractivity contribution >= 4 is 34.7 Å². The number of hydrogen-bond acceptors (Lipinski definition) is 4. The highest BCUT2D eigenvalue weighted by Gasteiger charge is 2.10. The Morgan fingerprint density at radius 2 is 1.95 bits per heavy atom. The van der Waals surface area contributed by atoms with Crippen LogP contribution in [0.1, 0.15) is 17.0 Å². The van der Waals surface area contributed by atoms with E-state index in [1.54, 1.807) is 25.1 Å². The predicted molar refractivity (Wildman–Crippen MR) is 76.0 cm³/mol. The van der Waals surface area contributed by atoms with E-state index < -0.39 is 0 Å². The van der Waals surface area contributed by atoms with Gasteiger partial charge in [0.15, 0.2) is 0 Å². The van der Waals surface area contributed by atoms with Crippen LogP contribution in [-0.4, -0.2) is 9.97 Å². The Morgan fingerprint density at radius 3 is 2.63 bits per heavy atom. The molecule has 0 saturated heterocycles. The van der Waals surface area contributed by atoms with Crippen LogP contribution < -0.4 is 5.32 Å². The number of halogens is 2. The Labute approximate surface area is 121 Å². The maximum absolute atomic E-state index is 8.89. The van der Waals surface area contributed by atoms with Crippen LogP contribution in [0, 0.1) is 25.2 Å². The normalized spacial score (nSPS) is 10.1. The fourth-order valence-corrected chi connectivity index (χ4v) is 1.91. The number of nitrogens with zero attached hydrogens (tertiary/aromatic N) is 3. The highest BCUT2D eigenvalue weighted by atomic mass is 35.5. The second kappa shape index (κ2) is 5.43. The van der Waals surface area contributed by atoms with Crippen LogP contribution in [0.5, 0.6) is 0 Å². The molecule has 1 aromatic carbocycles. The zero-order valence-corrected chi connectivity index (χ0v) is 11.8. The molecular weight excluding hydrogens is 283 g/mol. The molecule has 6 heteroatoms. The van der Waals surface area contributed by atoms with Crippen molar-refractivity contribution in [2.45, 2.75) is 13.8 Å². The van der Waals surface area contributed by atoms with Gasteiger partial charge in [-0.3, -0.25) is 0 Å². The fourth-order valence-electron chi connectivity index (χ4n) is 1.53. The number of rotatable bonds is 2. The van der Waals surface area contributed by atoms with Crippen molar-refractivity contribution in [2.75, 3.05) is 5.32 Å². The average molecular weight is 293 g/mol. The summed E-state index contributed by atoms with van der Waals surface area (Å²) < 4.78 is 0. The quantitative estimate of drug-likeness (QED) is 0.850. The molecule has 0 spiro atoms. The van der Waals surface area contributed by atoms with Crippen molar-refractivity contribution in [1.29, 1.82) is 5.26 Å². The lowest BCUT2D eigenvalue weighted by atomic mass is 10.2. The predicted octanol–water partition coefficient (Wildman–Crippen LogP) is 4.02. The van der Waals surface area contributed by atoms with Gasteiger partial charge in [0.2, 0.25) is 0 Å². The topological polar surface area (TPSA) is 61.6 Å². The summed E-state index contributed by atoms with van der Waals surface area (Å²) in [5.74, 6) is 1.14. The first-order valence-corrected chi connectivity index (χ1v) is 6.24. The van der Waals surface area contributed by atoms with Gasteiger partial charge in [0, 0.05) is 5.56 Å². The maximum Gasteiger partial charge on any atom is 0.138 e. The second-order valence-corrected chi connectivity index (χ2v) is 4.73. The van der Waals surface area contributed by atoms with Crippen LogP contribution in [0.4, 0.5) is 11.5 Å². The van der Waals surface area contributed by atoms with Crippen molar-refractivity contribution in [2.24, 2.45) is 0 Å². The summed E-state index contributed by atoms with van der Waals surface area (Å²) >= 11 is 12.1. The van der Waals surface area contributed by atoms with E-state index in [4.69, 9.17) is 28.5 Å². The van der Waals surface area contributed by atoms with Gasteiger partial charge in [-0.25, -0.2) is 9.97 Å². The van der Waals surface area contributed by atoms with Gasteiger partial charge in [-0.05, 0) is 32.0 Å². The number of nitriles is 1. The molecule has 0 aliphatic rings. The zero-order valence-electron chi connectivity index (χ0n) is 10.3. The Balaban J connectivity index is 2.44. The highest BCUT2D eigenvalue weighted by Crippen LogP contribution is 2.28. The van der Waals surface area contributed by atoms with Gasteiger partial charge < -0.3 is 5.32 Å². The summed E-state index contributed by atoms with van der Waals surface area (Å²) in [5.41, 5.74) is 1.85. The summed E-state index contributed by atoms with van der Waals surface area (Å²) in [5, 5.41) is 12.9. The smallest absolute Gasteiger partial charge is 0.138 e. The molecular formula is C13H10Cl2N4. The van der Waals surface area contributed by atoms with Gasteiger partial charge in [-0.15, -0.1) is 0 Å². The molecule has 0 saturated carbocycles. The molecule has 0 aliphatic heterocycles.